The summed E-state index contributed by atoms with van der Waals surface area (Å²) < 4.78 is 52.2. The Morgan fingerprint density at radius 1 is 1.14 bits per heavy atom. The topological polar surface area (TPSA) is 75.5 Å². The number of piperidine rings is 1. The number of halogens is 4. The second kappa shape index (κ2) is 10.2. The number of nitrogens with zero attached hydrogens (tertiary/aromatic N) is 4. The molecule has 35 heavy (non-hydrogen) atoms. The lowest BCUT2D eigenvalue weighted by Gasteiger charge is -2.32. The Balaban J connectivity index is 0.00000289. The number of rotatable bonds is 5. The van der Waals surface area contributed by atoms with Crippen molar-refractivity contribution >= 4 is 28.9 Å². The minimum absolute atomic E-state index is 0. The van der Waals surface area contributed by atoms with Crippen LogP contribution in [0, 0.1) is 5.92 Å². The van der Waals surface area contributed by atoms with E-state index in [1.54, 1.807) is 30.6 Å². The Morgan fingerprint density at radius 2 is 1.94 bits per heavy atom. The Bertz CT molecular complexity index is 1380. The summed E-state index contributed by atoms with van der Waals surface area (Å²) in [6.45, 7) is 1.69. The number of ether oxygens (including phenoxy) is 1. The first-order valence-corrected chi connectivity index (χ1v) is 11.0. The molecule has 0 unspecified atom stereocenters. The van der Waals surface area contributed by atoms with Crippen molar-refractivity contribution < 1.29 is 27.5 Å². The minimum Gasteiger partial charge on any atom is -0.492 e. The van der Waals surface area contributed by atoms with E-state index in [0.29, 0.717) is 59.8 Å². The first-order chi connectivity index (χ1) is 16.4. The van der Waals surface area contributed by atoms with Crippen LogP contribution in [0.3, 0.4) is 0 Å². The molecule has 1 aromatic carbocycles. The second-order valence-corrected chi connectivity index (χ2v) is 8.37. The summed E-state index contributed by atoms with van der Waals surface area (Å²) in [5, 5.41) is 13.9. The Morgan fingerprint density at radius 3 is 2.69 bits per heavy atom. The highest BCUT2D eigenvalue weighted by Crippen LogP contribution is 2.34. The molecule has 0 saturated carbocycles. The van der Waals surface area contributed by atoms with Crippen LogP contribution in [0.5, 0.6) is 5.75 Å². The number of hydrogen-bond donors (Lipinski definition) is 1. The highest BCUT2D eigenvalue weighted by atomic mass is 35.5. The van der Waals surface area contributed by atoms with Gasteiger partial charge in [-0.15, -0.1) is 12.4 Å². The number of hydrogen-bond acceptors (Lipinski definition) is 6. The lowest BCUT2D eigenvalue weighted by atomic mass is 9.96. The van der Waals surface area contributed by atoms with Crippen LogP contribution >= 0.6 is 12.4 Å². The fraction of sp³-hybridized carbons (Fsp3) is 0.333. The Hall–Kier alpha value is -3.24. The Labute approximate surface area is 204 Å². The quantitative estimate of drug-likeness (QED) is 0.299. The van der Waals surface area contributed by atoms with Gasteiger partial charge in [-0.2, -0.15) is 13.2 Å². The summed E-state index contributed by atoms with van der Waals surface area (Å²) in [6.07, 6.45) is -0.292. The van der Waals surface area contributed by atoms with Gasteiger partial charge in [0.1, 0.15) is 29.0 Å². The number of aromatic nitrogens is 2. The summed E-state index contributed by atoms with van der Waals surface area (Å²) in [4.78, 5) is 6.39. The monoisotopic (exact) mass is 508 g/mol. The molecule has 4 aromatic rings. The number of fused-ring (bicyclic) bond motifs is 2. The van der Waals surface area contributed by atoms with Gasteiger partial charge in [-0.3, -0.25) is 4.90 Å². The van der Waals surface area contributed by atoms with Gasteiger partial charge in [0.25, 0.3) is 0 Å². The highest BCUT2D eigenvalue weighted by molar-refractivity contribution is 5.85. The number of benzene rings is 1. The molecule has 11 heteroatoms. The van der Waals surface area contributed by atoms with Gasteiger partial charge in [-0.1, -0.05) is 5.16 Å². The number of alkyl halides is 3. The third-order valence-electron chi connectivity index (χ3n) is 6.22. The van der Waals surface area contributed by atoms with Crippen LogP contribution in [-0.2, 0) is 0 Å². The van der Waals surface area contributed by atoms with Crippen molar-refractivity contribution in [1.29, 1.82) is 0 Å². The van der Waals surface area contributed by atoms with Crippen LogP contribution in [0.1, 0.15) is 12.8 Å². The zero-order valence-corrected chi connectivity index (χ0v) is 19.4. The lowest BCUT2D eigenvalue weighted by Crippen LogP contribution is -2.40. The molecule has 1 aliphatic heterocycles. The van der Waals surface area contributed by atoms with E-state index in [-0.39, 0.29) is 25.2 Å². The van der Waals surface area contributed by atoms with Gasteiger partial charge in [0, 0.05) is 24.3 Å². The molecule has 1 aliphatic rings. The molecule has 7 nitrogen and oxygen atoms in total. The third-order valence-corrected chi connectivity index (χ3v) is 6.22. The average Bonchev–Trinajstić information content (AvgIpc) is 3.31. The number of likely N-dealkylation sites (tertiary alicyclic amines) is 1. The first-order valence-electron chi connectivity index (χ1n) is 11.0. The van der Waals surface area contributed by atoms with E-state index in [0.717, 1.165) is 5.52 Å². The van der Waals surface area contributed by atoms with E-state index in [1.165, 1.54) is 0 Å². The van der Waals surface area contributed by atoms with Crippen LogP contribution in [-0.4, -0.2) is 51.9 Å². The van der Waals surface area contributed by atoms with Crippen LogP contribution in [0.4, 0.5) is 13.2 Å². The van der Waals surface area contributed by atoms with Crippen molar-refractivity contribution in [3.8, 4) is 17.2 Å². The molecule has 0 bridgehead atoms. The molecule has 0 aliphatic carbocycles. The Kier molecular flexibility index (Phi) is 7.23. The molecule has 0 radical (unpaired) electrons. The SMILES string of the molecule is Cl.ON=c1cc(-c2cc3cccn3cn2)oc2ccc(OCCN3CCC(C(F)(F)F)CC3)cc12. The molecule has 1 N–H and O–H groups in total. The van der Waals surface area contributed by atoms with E-state index in [9.17, 15) is 18.4 Å². The summed E-state index contributed by atoms with van der Waals surface area (Å²) in [5.74, 6) is -0.196. The predicted molar refractivity (Wildman–Crippen MR) is 126 cm³/mol. The molecule has 0 spiro atoms. The maximum absolute atomic E-state index is 12.8. The molecule has 4 heterocycles. The molecule has 0 atom stereocenters. The summed E-state index contributed by atoms with van der Waals surface area (Å²) in [7, 11) is 0. The lowest BCUT2D eigenvalue weighted by molar-refractivity contribution is -0.185. The van der Waals surface area contributed by atoms with Crippen LogP contribution < -0.4 is 10.1 Å². The standard InChI is InChI=1S/C24H23F3N4O3.ClH/c25-24(26,27)16-5-8-30(9-6-16)10-11-33-18-3-4-22-19(13-18)20(29-32)14-23(34-22)21-12-17-2-1-7-31(17)15-28-21;/h1-4,7,12-16,32H,5-6,8-11H2;1H. The maximum atomic E-state index is 12.8. The first kappa shape index (κ1) is 24.9. The van der Waals surface area contributed by atoms with Crippen LogP contribution in [0.25, 0.3) is 27.9 Å². The van der Waals surface area contributed by atoms with Crippen molar-refractivity contribution in [2.45, 2.75) is 19.0 Å². The minimum atomic E-state index is -4.11. The zero-order chi connectivity index (χ0) is 23.7. The third kappa shape index (κ3) is 5.38. The molecule has 186 valence electrons. The van der Waals surface area contributed by atoms with Crippen molar-refractivity contribution in [2.24, 2.45) is 11.1 Å². The van der Waals surface area contributed by atoms with Gasteiger partial charge in [0.15, 0.2) is 5.76 Å². The molecule has 1 saturated heterocycles. The van der Waals surface area contributed by atoms with Gasteiger partial charge in [0.05, 0.1) is 17.6 Å². The molecular weight excluding hydrogens is 485 g/mol. The molecule has 5 rings (SSSR count). The molecule has 3 aromatic heterocycles. The zero-order valence-electron chi connectivity index (χ0n) is 18.6. The fourth-order valence-electron chi connectivity index (χ4n) is 4.29. The van der Waals surface area contributed by atoms with Crippen LogP contribution in [0.15, 0.2) is 64.6 Å². The van der Waals surface area contributed by atoms with Gasteiger partial charge in [-0.05, 0) is 62.3 Å². The van der Waals surface area contributed by atoms with E-state index >= 15 is 0 Å². The molecular formula is C24H24ClF3N4O3. The maximum Gasteiger partial charge on any atom is 0.391 e. The van der Waals surface area contributed by atoms with Crippen molar-refractivity contribution in [3.63, 3.8) is 0 Å². The van der Waals surface area contributed by atoms with Gasteiger partial charge >= 0.3 is 6.18 Å². The summed E-state index contributed by atoms with van der Waals surface area (Å²) in [6, 6.07) is 12.5. The normalized spacial score (nSPS) is 16.0. The summed E-state index contributed by atoms with van der Waals surface area (Å²) >= 11 is 0. The fourth-order valence-corrected chi connectivity index (χ4v) is 4.29. The van der Waals surface area contributed by atoms with Crippen LogP contribution in [0.2, 0.25) is 0 Å². The second-order valence-electron chi connectivity index (χ2n) is 8.37. The van der Waals surface area contributed by atoms with Crippen molar-refractivity contribution in [3.05, 3.63) is 60.3 Å². The van der Waals surface area contributed by atoms with Gasteiger partial charge in [-0.25, -0.2) is 4.98 Å². The smallest absolute Gasteiger partial charge is 0.391 e. The van der Waals surface area contributed by atoms with E-state index in [1.807, 2.05) is 33.7 Å². The highest BCUT2D eigenvalue weighted by Gasteiger charge is 2.40. The largest absolute Gasteiger partial charge is 0.492 e. The predicted octanol–water partition coefficient (Wildman–Crippen LogP) is 5.11. The molecule has 0 amide bonds. The average molecular weight is 509 g/mol. The van der Waals surface area contributed by atoms with Gasteiger partial charge in [0.2, 0.25) is 0 Å². The summed E-state index contributed by atoms with van der Waals surface area (Å²) in [5.41, 5.74) is 2.06. The van der Waals surface area contributed by atoms with Crippen molar-refractivity contribution in [2.75, 3.05) is 26.2 Å². The van der Waals surface area contributed by atoms with E-state index < -0.39 is 12.1 Å². The van der Waals surface area contributed by atoms with Crippen molar-refractivity contribution in [1.82, 2.24) is 14.3 Å². The van der Waals surface area contributed by atoms with Gasteiger partial charge < -0.3 is 18.8 Å². The van der Waals surface area contributed by atoms with E-state index in [2.05, 4.69) is 10.1 Å². The van der Waals surface area contributed by atoms with E-state index in [4.69, 9.17) is 9.15 Å². The molecule has 1 fully saturated rings.